The molecule has 0 saturated carbocycles. The van der Waals surface area contributed by atoms with E-state index in [0.29, 0.717) is 12.0 Å². The summed E-state index contributed by atoms with van der Waals surface area (Å²) in [7, 11) is 0. The minimum atomic E-state index is -0.518. The lowest BCUT2D eigenvalue weighted by atomic mass is 10.0. The molecule has 0 aromatic carbocycles. The van der Waals surface area contributed by atoms with Gasteiger partial charge in [-0.25, -0.2) is 15.0 Å². The quantitative estimate of drug-likeness (QED) is 0.571. The van der Waals surface area contributed by atoms with Gasteiger partial charge in [-0.3, -0.25) is 4.98 Å². The van der Waals surface area contributed by atoms with E-state index in [-0.39, 0.29) is 0 Å². The molecule has 0 saturated heterocycles. The van der Waals surface area contributed by atoms with Crippen molar-refractivity contribution in [3.8, 4) is 11.1 Å². The second-order valence-electron chi connectivity index (χ2n) is 6.16. The summed E-state index contributed by atoms with van der Waals surface area (Å²) in [5, 5.41) is 0.926. The van der Waals surface area contributed by atoms with Gasteiger partial charge in [0.2, 0.25) is 5.95 Å². The Hall–Kier alpha value is -3.15. The van der Waals surface area contributed by atoms with E-state index in [9.17, 15) is 4.39 Å². The molecule has 0 unspecified atom stereocenters. The van der Waals surface area contributed by atoms with Crippen LogP contribution in [-0.4, -0.2) is 24.9 Å². The Bertz CT molecular complexity index is 1070. The first kappa shape index (κ1) is 16.3. The zero-order valence-corrected chi connectivity index (χ0v) is 14.5. The Labute approximate surface area is 150 Å². The van der Waals surface area contributed by atoms with Gasteiger partial charge in [-0.05, 0) is 31.0 Å². The molecule has 0 aliphatic heterocycles. The highest BCUT2D eigenvalue weighted by Gasteiger charge is 2.13. The SMILES string of the molecule is CCc1ccc(-c2[c]nc(F)c(Cc3c[nH]c4ncnc(C)c34)c2)cn1. The Morgan fingerprint density at radius 1 is 1.15 bits per heavy atom. The summed E-state index contributed by atoms with van der Waals surface area (Å²) in [6.07, 6.45) is 9.17. The van der Waals surface area contributed by atoms with Crippen LogP contribution in [0.25, 0.3) is 22.2 Å². The maximum atomic E-state index is 14.3. The third kappa shape index (κ3) is 2.94. The Balaban J connectivity index is 1.72. The number of aryl methyl sites for hydroxylation is 2. The van der Waals surface area contributed by atoms with Gasteiger partial charge in [0.05, 0.1) is 5.69 Å². The predicted molar refractivity (Wildman–Crippen MR) is 97.1 cm³/mol. The smallest absolute Gasteiger partial charge is 0.217 e. The lowest BCUT2D eigenvalue weighted by Crippen LogP contribution is -1.98. The molecule has 0 bridgehead atoms. The first-order valence-corrected chi connectivity index (χ1v) is 8.45. The molecule has 5 nitrogen and oxygen atoms in total. The van der Waals surface area contributed by atoms with Gasteiger partial charge in [0.25, 0.3) is 0 Å². The lowest BCUT2D eigenvalue weighted by molar-refractivity contribution is 0.570. The van der Waals surface area contributed by atoms with Crippen molar-refractivity contribution >= 4 is 11.0 Å². The Kier molecular flexibility index (Phi) is 4.16. The summed E-state index contributed by atoms with van der Waals surface area (Å²) in [6.45, 7) is 3.97. The lowest BCUT2D eigenvalue weighted by Gasteiger charge is -2.07. The number of fused-ring (bicyclic) bond motifs is 1. The molecule has 0 aliphatic carbocycles. The van der Waals surface area contributed by atoms with Crippen molar-refractivity contribution in [3.05, 3.63) is 71.6 Å². The van der Waals surface area contributed by atoms with Gasteiger partial charge in [0, 0.05) is 46.6 Å². The summed E-state index contributed by atoms with van der Waals surface area (Å²) >= 11 is 0. The third-order valence-electron chi connectivity index (χ3n) is 4.48. The van der Waals surface area contributed by atoms with Crippen LogP contribution in [0.2, 0.25) is 0 Å². The van der Waals surface area contributed by atoms with E-state index in [1.54, 1.807) is 12.3 Å². The van der Waals surface area contributed by atoms with Gasteiger partial charge < -0.3 is 4.98 Å². The molecule has 1 N–H and O–H groups in total. The van der Waals surface area contributed by atoms with Crippen molar-refractivity contribution < 1.29 is 4.39 Å². The van der Waals surface area contributed by atoms with Crippen molar-refractivity contribution in [3.63, 3.8) is 0 Å². The monoisotopic (exact) mass is 346 g/mol. The summed E-state index contributed by atoms with van der Waals surface area (Å²) in [5.41, 5.74) is 5.67. The number of aromatic nitrogens is 5. The van der Waals surface area contributed by atoms with Gasteiger partial charge in [0.15, 0.2) is 0 Å². The maximum Gasteiger partial charge on any atom is 0.217 e. The fourth-order valence-corrected chi connectivity index (χ4v) is 3.05. The van der Waals surface area contributed by atoms with Gasteiger partial charge in [-0.1, -0.05) is 13.0 Å². The zero-order chi connectivity index (χ0) is 18.1. The van der Waals surface area contributed by atoms with Gasteiger partial charge in [-0.15, -0.1) is 0 Å². The highest BCUT2D eigenvalue weighted by atomic mass is 19.1. The van der Waals surface area contributed by atoms with Crippen LogP contribution < -0.4 is 0 Å². The van der Waals surface area contributed by atoms with E-state index in [1.807, 2.05) is 25.3 Å². The summed E-state index contributed by atoms with van der Waals surface area (Å²) < 4.78 is 14.3. The molecule has 6 heteroatoms. The third-order valence-corrected chi connectivity index (χ3v) is 4.48. The minimum absolute atomic E-state index is 0.398. The number of hydrogen-bond donors (Lipinski definition) is 1. The number of aromatic amines is 1. The zero-order valence-electron chi connectivity index (χ0n) is 14.5. The fraction of sp³-hybridized carbons (Fsp3) is 0.200. The summed E-state index contributed by atoms with van der Waals surface area (Å²) in [4.78, 5) is 19.8. The van der Waals surface area contributed by atoms with Crippen molar-refractivity contribution in [2.45, 2.75) is 26.7 Å². The maximum absolute atomic E-state index is 14.3. The van der Waals surface area contributed by atoms with Crippen LogP contribution in [0.5, 0.6) is 0 Å². The normalized spacial score (nSPS) is 11.2. The second kappa shape index (κ2) is 6.63. The number of pyridine rings is 2. The minimum Gasteiger partial charge on any atom is -0.346 e. The number of nitrogens with one attached hydrogen (secondary N) is 1. The molecule has 1 radical (unpaired) electrons. The first-order chi connectivity index (χ1) is 12.7. The molecule has 0 atom stereocenters. The van der Waals surface area contributed by atoms with Crippen molar-refractivity contribution in [2.24, 2.45) is 0 Å². The van der Waals surface area contributed by atoms with Crippen LogP contribution in [0.15, 0.2) is 36.9 Å². The van der Waals surface area contributed by atoms with Crippen LogP contribution in [0.3, 0.4) is 0 Å². The predicted octanol–water partition coefficient (Wildman–Crippen LogP) is 3.82. The number of H-pyrrole nitrogens is 1. The van der Waals surface area contributed by atoms with Crippen LogP contribution >= 0.6 is 0 Å². The number of nitrogens with zero attached hydrogens (tertiary/aromatic N) is 4. The number of hydrogen-bond acceptors (Lipinski definition) is 4. The topological polar surface area (TPSA) is 67.3 Å². The Morgan fingerprint density at radius 2 is 2.04 bits per heavy atom. The van der Waals surface area contributed by atoms with E-state index in [2.05, 4.69) is 38.0 Å². The molecule has 4 aromatic rings. The highest BCUT2D eigenvalue weighted by molar-refractivity contribution is 5.82. The van der Waals surface area contributed by atoms with Gasteiger partial charge >= 0.3 is 0 Å². The van der Waals surface area contributed by atoms with E-state index in [1.165, 1.54) is 6.33 Å². The number of halogens is 1. The molecule has 0 spiro atoms. The Morgan fingerprint density at radius 3 is 2.81 bits per heavy atom. The molecule has 26 heavy (non-hydrogen) atoms. The summed E-state index contributed by atoms with van der Waals surface area (Å²) in [5.74, 6) is -0.518. The highest BCUT2D eigenvalue weighted by Crippen LogP contribution is 2.25. The summed E-state index contributed by atoms with van der Waals surface area (Å²) in [6, 6.07) is 5.71. The van der Waals surface area contributed by atoms with Crippen LogP contribution in [0, 0.1) is 19.1 Å². The van der Waals surface area contributed by atoms with Crippen LogP contribution in [0.1, 0.15) is 29.4 Å². The molecule has 129 valence electrons. The molecule has 0 amide bonds. The number of rotatable bonds is 4. The van der Waals surface area contributed by atoms with E-state index in [4.69, 9.17) is 0 Å². The largest absolute Gasteiger partial charge is 0.346 e. The molecular formula is C20H17FN5. The standard InChI is InChI=1S/C20H17FN5/c1-3-17-5-4-13(8-22-17)15-6-14(19(21)23-9-15)7-16-10-24-20-18(16)12(2)25-11-26-20/h4-6,8,10-11H,3,7H2,1-2H3,(H,24,25,26). The van der Waals surface area contributed by atoms with Crippen LogP contribution in [-0.2, 0) is 12.8 Å². The molecule has 4 rings (SSSR count). The van der Waals surface area contributed by atoms with Crippen molar-refractivity contribution in [1.29, 1.82) is 0 Å². The van der Waals surface area contributed by atoms with Crippen molar-refractivity contribution in [2.75, 3.05) is 0 Å². The fourth-order valence-electron chi connectivity index (χ4n) is 3.05. The van der Waals surface area contributed by atoms with Crippen molar-refractivity contribution in [1.82, 2.24) is 24.9 Å². The molecular weight excluding hydrogens is 329 g/mol. The molecule has 4 aromatic heterocycles. The first-order valence-electron chi connectivity index (χ1n) is 8.45. The van der Waals surface area contributed by atoms with Gasteiger partial charge in [-0.2, -0.15) is 4.39 Å². The second-order valence-corrected chi connectivity index (χ2v) is 6.16. The molecule has 0 fully saturated rings. The van der Waals surface area contributed by atoms with E-state index >= 15 is 0 Å². The van der Waals surface area contributed by atoms with Gasteiger partial charge in [0.1, 0.15) is 18.2 Å². The molecule has 0 aliphatic rings. The average molecular weight is 346 g/mol. The average Bonchev–Trinajstić information content (AvgIpc) is 3.08. The molecule has 4 heterocycles. The van der Waals surface area contributed by atoms with Crippen LogP contribution in [0.4, 0.5) is 4.39 Å². The van der Waals surface area contributed by atoms with E-state index in [0.717, 1.165) is 45.5 Å². The van der Waals surface area contributed by atoms with E-state index < -0.39 is 5.95 Å².